The van der Waals surface area contributed by atoms with Gasteiger partial charge in [-0.25, -0.2) is 4.79 Å². The van der Waals surface area contributed by atoms with E-state index in [9.17, 15) is 14.7 Å². The zero-order chi connectivity index (χ0) is 14.0. The fourth-order valence-electron chi connectivity index (χ4n) is 2.32. The number of aryl methyl sites for hydroxylation is 1. The number of aromatic nitrogens is 2. The van der Waals surface area contributed by atoms with Crippen molar-refractivity contribution in [3.8, 4) is 0 Å². The molecule has 1 N–H and O–H groups in total. The third-order valence-corrected chi connectivity index (χ3v) is 3.51. The van der Waals surface area contributed by atoms with E-state index in [1.54, 1.807) is 37.1 Å². The van der Waals surface area contributed by atoms with Crippen LogP contribution in [0.3, 0.4) is 0 Å². The maximum absolute atomic E-state index is 12.1. The number of likely N-dealkylation sites (tertiary alicyclic amines) is 1. The smallest absolute Gasteiger partial charge is 0.329 e. The highest BCUT2D eigenvalue weighted by molar-refractivity contribution is 5.96. The van der Waals surface area contributed by atoms with Crippen LogP contribution in [0, 0.1) is 0 Å². The molecule has 2 heterocycles. The van der Waals surface area contributed by atoms with Crippen molar-refractivity contribution >= 4 is 18.0 Å². The van der Waals surface area contributed by atoms with Gasteiger partial charge in [-0.1, -0.05) is 0 Å². The van der Waals surface area contributed by atoms with Crippen molar-refractivity contribution < 1.29 is 14.7 Å². The van der Waals surface area contributed by atoms with Gasteiger partial charge >= 0.3 is 5.97 Å². The second kappa shape index (κ2) is 4.87. The number of amides is 1. The van der Waals surface area contributed by atoms with Crippen LogP contribution in [0.25, 0.3) is 6.08 Å². The summed E-state index contributed by atoms with van der Waals surface area (Å²) in [6.45, 7) is 2.08. The van der Waals surface area contributed by atoms with Crippen LogP contribution in [0.5, 0.6) is 0 Å². The molecule has 0 spiro atoms. The van der Waals surface area contributed by atoms with Gasteiger partial charge in [0.05, 0.1) is 6.20 Å². The fraction of sp³-hybridized carbons (Fsp3) is 0.462. The van der Waals surface area contributed by atoms with Crippen LogP contribution in [-0.4, -0.2) is 43.7 Å². The topological polar surface area (TPSA) is 75.4 Å². The van der Waals surface area contributed by atoms with Crippen LogP contribution in [0.2, 0.25) is 0 Å². The lowest BCUT2D eigenvalue weighted by atomic mass is 9.99. The van der Waals surface area contributed by atoms with Gasteiger partial charge < -0.3 is 10.0 Å². The predicted molar refractivity (Wildman–Crippen MR) is 69.2 cm³/mol. The van der Waals surface area contributed by atoms with Crippen molar-refractivity contribution in [2.24, 2.45) is 7.05 Å². The molecule has 0 saturated carbocycles. The number of hydrogen-bond acceptors (Lipinski definition) is 3. The summed E-state index contributed by atoms with van der Waals surface area (Å²) in [6, 6.07) is 0. The third kappa shape index (κ3) is 2.52. The Hall–Kier alpha value is -2.11. The lowest BCUT2D eigenvalue weighted by Crippen LogP contribution is -2.50. The standard InChI is InChI=1S/C13H17N3O3/c1-13(12(18)19)6-3-7-16(13)11(17)5-4-10-8-14-15(2)9-10/h4-5,8-9H,3,6-7H2,1-2H3,(H,18,19). The molecule has 1 aliphatic rings. The number of nitrogens with zero attached hydrogens (tertiary/aromatic N) is 3. The lowest BCUT2D eigenvalue weighted by Gasteiger charge is -2.30. The molecule has 0 aliphatic carbocycles. The van der Waals surface area contributed by atoms with Gasteiger partial charge in [-0.3, -0.25) is 9.48 Å². The Kier molecular flexibility index (Phi) is 3.42. The van der Waals surface area contributed by atoms with Gasteiger partial charge in [0.15, 0.2) is 0 Å². The molecule has 6 heteroatoms. The largest absolute Gasteiger partial charge is 0.480 e. The zero-order valence-corrected chi connectivity index (χ0v) is 11.0. The molecule has 19 heavy (non-hydrogen) atoms. The molecule has 1 amide bonds. The highest BCUT2D eigenvalue weighted by atomic mass is 16.4. The number of hydrogen-bond donors (Lipinski definition) is 1. The SMILES string of the molecule is Cn1cc(C=CC(=O)N2CCCC2(C)C(=O)O)cn1. The molecule has 1 aliphatic heterocycles. The molecule has 6 nitrogen and oxygen atoms in total. The van der Waals surface area contributed by atoms with Crippen LogP contribution in [0.15, 0.2) is 18.5 Å². The van der Waals surface area contributed by atoms with Gasteiger partial charge in [0, 0.05) is 31.4 Å². The Morgan fingerprint density at radius 3 is 2.84 bits per heavy atom. The van der Waals surface area contributed by atoms with Crippen LogP contribution < -0.4 is 0 Å². The summed E-state index contributed by atoms with van der Waals surface area (Å²) in [5.41, 5.74) is -0.275. The van der Waals surface area contributed by atoms with E-state index in [-0.39, 0.29) is 5.91 Å². The Morgan fingerprint density at radius 2 is 2.26 bits per heavy atom. The monoisotopic (exact) mass is 263 g/mol. The van der Waals surface area contributed by atoms with E-state index in [4.69, 9.17) is 0 Å². The predicted octanol–water partition coefficient (Wildman–Crippen LogP) is 0.899. The molecule has 102 valence electrons. The number of carbonyl (C=O) groups is 2. The summed E-state index contributed by atoms with van der Waals surface area (Å²) in [5, 5.41) is 13.2. The van der Waals surface area contributed by atoms with Crippen LogP contribution in [0.1, 0.15) is 25.3 Å². The number of aliphatic carboxylic acids is 1. The van der Waals surface area contributed by atoms with Crippen molar-refractivity contribution in [3.05, 3.63) is 24.0 Å². The molecule has 1 aromatic heterocycles. The van der Waals surface area contributed by atoms with Gasteiger partial charge in [-0.05, 0) is 25.8 Å². The molecule has 0 aromatic carbocycles. The summed E-state index contributed by atoms with van der Waals surface area (Å²) >= 11 is 0. The summed E-state index contributed by atoms with van der Waals surface area (Å²) in [6.07, 6.45) is 7.69. The van der Waals surface area contributed by atoms with E-state index in [1.807, 2.05) is 0 Å². The molecule has 1 fully saturated rings. The molecular formula is C13H17N3O3. The van der Waals surface area contributed by atoms with E-state index in [2.05, 4.69) is 5.10 Å². The first-order valence-corrected chi connectivity index (χ1v) is 6.15. The van der Waals surface area contributed by atoms with Crippen LogP contribution in [0.4, 0.5) is 0 Å². The van der Waals surface area contributed by atoms with Gasteiger partial charge in [0.2, 0.25) is 5.91 Å². The minimum absolute atomic E-state index is 0.272. The maximum atomic E-state index is 12.1. The number of rotatable bonds is 3. The van der Waals surface area contributed by atoms with E-state index in [1.165, 1.54) is 11.0 Å². The Bertz CT molecular complexity index is 535. The fourth-order valence-corrected chi connectivity index (χ4v) is 2.32. The number of carboxylic acid groups (broad SMARTS) is 1. The van der Waals surface area contributed by atoms with Crippen molar-refractivity contribution in [2.75, 3.05) is 6.54 Å². The molecule has 1 aromatic rings. The summed E-state index contributed by atoms with van der Waals surface area (Å²) < 4.78 is 1.64. The van der Waals surface area contributed by atoms with Crippen LogP contribution >= 0.6 is 0 Å². The summed E-state index contributed by atoms with van der Waals surface area (Å²) in [7, 11) is 1.79. The minimum Gasteiger partial charge on any atom is -0.480 e. The highest BCUT2D eigenvalue weighted by Gasteiger charge is 2.45. The third-order valence-electron chi connectivity index (χ3n) is 3.51. The Balaban J connectivity index is 2.12. The quantitative estimate of drug-likeness (QED) is 0.822. The lowest BCUT2D eigenvalue weighted by molar-refractivity contribution is -0.153. The van der Waals surface area contributed by atoms with E-state index < -0.39 is 11.5 Å². The molecule has 2 rings (SSSR count). The number of carboxylic acids is 1. The second-order valence-corrected chi connectivity index (χ2v) is 4.95. The molecular weight excluding hydrogens is 246 g/mol. The van der Waals surface area contributed by atoms with E-state index >= 15 is 0 Å². The zero-order valence-electron chi connectivity index (χ0n) is 11.0. The van der Waals surface area contributed by atoms with E-state index in [0.717, 1.165) is 12.0 Å². The van der Waals surface area contributed by atoms with Crippen molar-refractivity contribution in [3.63, 3.8) is 0 Å². The van der Waals surface area contributed by atoms with Crippen LogP contribution in [-0.2, 0) is 16.6 Å². The maximum Gasteiger partial charge on any atom is 0.329 e. The van der Waals surface area contributed by atoms with Crippen molar-refractivity contribution in [2.45, 2.75) is 25.3 Å². The first-order valence-electron chi connectivity index (χ1n) is 6.15. The van der Waals surface area contributed by atoms with Crippen molar-refractivity contribution in [1.82, 2.24) is 14.7 Å². The summed E-state index contributed by atoms with van der Waals surface area (Å²) in [4.78, 5) is 24.8. The average molecular weight is 263 g/mol. The molecule has 1 atom stereocenters. The average Bonchev–Trinajstić information content (AvgIpc) is 2.93. The first-order chi connectivity index (χ1) is 8.93. The molecule has 1 unspecified atom stereocenters. The molecule has 0 radical (unpaired) electrons. The Morgan fingerprint density at radius 1 is 1.53 bits per heavy atom. The normalized spacial score (nSPS) is 23.2. The van der Waals surface area contributed by atoms with E-state index in [0.29, 0.717) is 13.0 Å². The van der Waals surface area contributed by atoms with Gasteiger partial charge in [0.25, 0.3) is 0 Å². The molecule has 0 bridgehead atoms. The van der Waals surface area contributed by atoms with Gasteiger partial charge in [-0.15, -0.1) is 0 Å². The highest BCUT2D eigenvalue weighted by Crippen LogP contribution is 2.29. The summed E-state index contributed by atoms with van der Waals surface area (Å²) in [5.74, 6) is -1.22. The first kappa shape index (κ1) is 13.3. The Labute approximate surface area is 111 Å². The molecule has 1 saturated heterocycles. The second-order valence-electron chi connectivity index (χ2n) is 4.95. The van der Waals surface area contributed by atoms with Crippen molar-refractivity contribution in [1.29, 1.82) is 0 Å². The van der Waals surface area contributed by atoms with Gasteiger partial charge in [0.1, 0.15) is 5.54 Å². The number of carbonyl (C=O) groups excluding carboxylic acids is 1. The minimum atomic E-state index is -1.09. The van der Waals surface area contributed by atoms with Gasteiger partial charge in [-0.2, -0.15) is 5.10 Å².